The number of amides is 2. The number of aromatic nitrogens is 2. The number of nitrogens with zero attached hydrogens (tertiary/aromatic N) is 4. The number of ether oxygens (including phenoxy) is 1. The Bertz CT molecular complexity index is 993. The molecule has 0 N–H and O–H groups in total. The van der Waals surface area contributed by atoms with Crippen LogP contribution in [0.4, 0.5) is 10.2 Å². The van der Waals surface area contributed by atoms with Crippen molar-refractivity contribution in [3.05, 3.63) is 64.7 Å². The molecule has 0 aliphatic carbocycles. The Morgan fingerprint density at radius 1 is 1.38 bits per heavy atom. The smallest absolute Gasteiger partial charge is 0.273 e. The first-order valence-electron chi connectivity index (χ1n) is 8.78. The summed E-state index contributed by atoms with van der Waals surface area (Å²) in [5, 5.41) is 0.229. The van der Waals surface area contributed by atoms with E-state index in [1.54, 1.807) is 30.8 Å². The summed E-state index contributed by atoms with van der Waals surface area (Å²) in [6.45, 7) is -0.0451. The van der Waals surface area contributed by atoms with Crippen molar-refractivity contribution in [2.45, 2.75) is 13.0 Å². The third-order valence-electron chi connectivity index (χ3n) is 4.44. The van der Waals surface area contributed by atoms with Crippen LogP contribution in [0.15, 0.2) is 36.8 Å². The highest BCUT2D eigenvalue weighted by atomic mass is 35.5. The first-order chi connectivity index (χ1) is 13.8. The number of hydrogen-bond acceptors (Lipinski definition) is 4. The zero-order chi connectivity index (χ0) is 21.1. The van der Waals surface area contributed by atoms with Crippen LogP contribution in [0, 0.1) is 5.82 Å². The molecule has 152 valence electrons. The Labute approximate surface area is 172 Å². The maximum absolute atomic E-state index is 14.5. The topological polar surface area (TPSA) is 67.7 Å². The summed E-state index contributed by atoms with van der Waals surface area (Å²) in [6, 6.07) is 4.39. The van der Waals surface area contributed by atoms with Gasteiger partial charge in [0.05, 0.1) is 19.1 Å². The number of hydrogen-bond donors (Lipinski definition) is 0. The van der Waals surface area contributed by atoms with Gasteiger partial charge >= 0.3 is 0 Å². The van der Waals surface area contributed by atoms with E-state index in [0.29, 0.717) is 24.2 Å². The zero-order valence-corrected chi connectivity index (χ0v) is 17.0. The number of rotatable bonds is 6. The van der Waals surface area contributed by atoms with E-state index < -0.39 is 5.82 Å². The lowest BCUT2D eigenvalue weighted by Gasteiger charge is -2.18. The summed E-state index contributed by atoms with van der Waals surface area (Å²) in [6.07, 6.45) is 5.90. The van der Waals surface area contributed by atoms with Gasteiger partial charge in [0, 0.05) is 43.7 Å². The molecule has 0 fully saturated rings. The van der Waals surface area contributed by atoms with Crippen LogP contribution >= 0.6 is 11.6 Å². The lowest BCUT2D eigenvalue weighted by molar-refractivity contribution is -0.107. The van der Waals surface area contributed by atoms with Gasteiger partial charge in [0.25, 0.3) is 5.91 Å². The molecular formula is C20H20ClFN4O3. The monoisotopic (exact) mass is 418 g/mol. The van der Waals surface area contributed by atoms with E-state index in [9.17, 15) is 14.0 Å². The Morgan fingerprint density at radius 2 is 2.14 bits per heavy atom. The largest absolute Gasteiger partial charge is 0.473 e. The number of carbonyl (C=O) groups is 2. The van der Waals surface area contributed by atoms with E-state index in [1.807, 2.05) is 0 Å². The second-order valence-corrected chi connectivity index (χ2v) is 7.07. The van der Waals surface area contributed by atoms with Crippen LogP contribution in [-0.4, -0.2) is 47.9 Å². The fourth-order valence-electron chi connectivity index (χ4n) is 2.94. The van der Waals surface area contributed by atoms with Gasteiger partial charge < -0.3 is 19.1 Å². The Hall–Kier alpha value is -3.13. The molecule has 3 rings (SSSR count). The summed E-state index contributed by atoms with van der Waals surface area (Å²) >= 11 is 6.22. The van der Waals surface area contributed by atoms with Gasteiger partial charge in [0.15, 0.2) is 11.5 Å². The first-order valence-corrected chi connectivity index (χ1v) is 9.16. The van der Waals surface area contributed by atoms with E-state index in [0.717, 1.165) is 0 Å². The normalized spacial score (nSPS) is 12.9. The molecule has 0 unspecified atom stereocenters. The minimum absolute atomic E-state index is 0.0451. The van der Waals surface area contributed by atoms with Crippen LogP contribution in [0.5, 0.6) is 0 Å². The van der Waals surface area contributed by atoms with Gasteiger partial charge in [0.2, 0.25) is 6.41 Å². The molecule has 0 saturated heterocycles. The minimum atomic E-state index is -0.500. The van der Waals surface area contributed by atoms with Gasteiger partial charge in [-0.25, -0.2) is 9.37 Å². The summed E-state index contributed by atoms with van der Waals surface area (Å²) in [4.78, 5) is 31.5. The molecule has 0 bridgehead atoms. The lowest BCUT2D eigenvalue weighted by atomic mass is 10.1. The van der Waals surface area contributed by atoms with Crippen LogP contribution in [0.25, 0.3) is 5.57 Å². The highest BCUT2D eigenvalue weighted by Crippen LogP contribution is 2.31. The van der Waals surface area contributed by atoms with Gasteiger partial charge in [-0.3, -0.25) is 9.59 Å². The van der Waals surface area contributed by atoms with Crippen molar-refractivity contribution in [1.29, 1.82) is 0 Å². The first kappa shape index (κ1) is 20.6. The van der Waals surface area contributed by atoms with Crippen molar-refractivity contribution in [2.75, 3.05) is 26.0 Å². The highest BCUT2D eigenvalue weighted by Gasteiger charge is 2.29. The molecule has 2 heterocycles. The van der Waals surface area contributed by atoms with Crippen LogP contribution < -0.4 is 4.90 Å². The molecule has 0 radical (unpaired) electrons. The molecular weight excluding hydrogens is 399 g/mol. The van der Waals surface area contributed by atoms with Crippen LogP contribution in [0.2, 0.25) is 5.02 Å². The van der Waals surface area contributed by atoms with Crippen molar-refractivity contribution in [1.82, 2.24) is 14.5 Å². The summed E-state index contributed by atoms with van der Waals surface area (Å²) in [5.74, 6) is -0.327. The Balaban J connectivity index is 2.26. The quantitative estimate of drug-likeness (QED) is 0.675. The van der Waals surface area contributed by atoms with Gasteiger partial charge in [0.1, 0.15) is 11.6 Å². The Morgan fingerprint density at radius 3 is 2.72 bits per heavy atom. The molecule has 2 aromatic rings. The third-order valence-corrected chi connectivity index (χ3v) is 4.79. The number of imidazole rings is 1. The van der Waals surface area contributed by atoms with Crippen molar-refractivity contribution in [2.24, 2.45) is 0 Å². The van der Waals surface area contributed by atoms with E-state index in [-0.39, 0.29) is 34.5 Å². The number of carbonyl (C=O) groups excluding carboxylic acids is 2. The number of allylic oxidation sites excluding steroid dienone is 2. The zero-order valence-electron chi connectivity index (χ0n) is 16.2. The lowest BCUT2D eigenvalue weighted by Crippen LogP contribution is -2.28. The van der Waals surface area contributed by atoms with Crippen molar-refractivity contribution < 1.29 is 18.7 Å². The molecule has 29 heavy (non-hydrogen) atoms. The number of benzene rings is 1. The molecule has 0 spiro atoms. The second-order valence-electron chi connectivity index (χ2n) is 6.66. The van der Waals surface area contributed by atoms with E-state index >= 15 is 0 Å². The fourth-order valence-corrected chi connectivity index (χ4v) is 3.17. The molecule has 1 aliphatic rings. The number of halogens is 2. The molecule has 1 aromatic heterocycles. The van der Waals surface area contributed by atoms with Crippen molar-refractivity contribution in [3.8, 4) is 0 Å². The summed E-state index contributed by atoms with van der Waals surface area (Å²) in [5.41, 5.74) is 1.04. The van der Waals surface area contributed by atoms with Gasteiger partial charge in [-0.1, -0.05) is 17.7 Å². The van der Waals surface area contributed by atoms with E-state index in [2.05, 4.69) is 4.98 Å². The molecule has 1 aliphatic heterocycles. The summed E-state index contributed by atoms with van der Waals surface area (Å²) < 4.78 is 21.3. The van der Waals surface area contributed by atoms with Crippen LogP contribution in [0.3, 0.4) is 0 Å². The van der Waals surface area contributed by atoms with Crippen LogP contribution in [-0.2, 0) is 16.1 Å². The highest BCUT2D eigenvalue weighted by molar-refractivity contribution is 6.31. The molecule has 9 heteroatoms. The predicted molar refractivity (Wildman–Crippen MR) is 108 cm³/mol. The third kappa shape index (κ3) is 4.02. The summed E-state index contributed by atoms with van der Waals surface area (Å²) in [7, 11) is 4.68. The molecule has 0 saturated carbocycles. The fraction of sp³-hybridized carbons (Fsp3) is 0.250. The average Bonchev–Trinajstić information content (AvgIpc) is 3.09. The maximum atomic E-state index is 14.5. The van der Waals surface area contributed by atoms with Gasteiger partial charge in [-0.05, 0) is 18.2 Å². The molecule has 2 amide bonds. The van der Waals surface area contributed by atoms with E-state index in [4.69, 9.17) is 16.3 Å². The molecule has 7 nitrogen and oxygen atoms in total. The van der Waals surface area contributed by atoms with Gasteiger partial charge in [-0.15, -0.1) is 0 Å². The minimum Gasteiger partial charge on any atom is -0.473 e. The molecule has 0 atom stereocenters. The van der Waals surface area contributed by atoms with E-state index in [1.165, 1.54) is 41.5 Å². The van der Waals surface area contributed by atoms with Crippen molar-refractivity contribution >= 4 is 35.3 Å². The second kappa shape index (κ2) is 8.48. The predicted octanol–water partition coefficient (Wildman–Crippen LogP) is 3.29. The van der Waals surface area contributed by atoms with Gasteiger partial charge in [-0.2, -0.15) is 0 Å². The maximum Gasteiger partial charge on any atom is 0.273 e. The Kier molecular flexibility index (Phi) is 6.03. The number of anilines is 1. The van der Waals surface area contributed by atoms with Crippen LogP contribution in [0.1, 0.15) is 28.3 Å². The average molecular weight is 419 g/mol. The molecule has 1 aromatic carbocycles. The SMILES string of the molecule is CN(C)C(=O)c1c(N(C)C=O)nc(C2=COC=CC2)n1Cc1c(F)cccc1Cl. The standard InChI is InChI=1S/C20H20ClFN4O3/c1-24(2)20(28)17-19(25(3)12-27)23-18(13-6-5-9-29-11-13)26(17)10-14-15(21)7-4-8-16(14)22/h4-5,7-9,11-12H,6,10H2,1-3H3. The van der Waals surface area contributed by atoms with Crippen molar-refractivity contribution in [3.63, 3.8) is 0 Å².